The summed E-state index contributed by atoms with van der Waals surface area (Å²) in [6.45, 7) is 5.18. The number of benzene rings is 1. The SMILES string of the molecule is CCCC(C)COCc1ccc(C(=O)O)c(F)c1. The summed E-state index contributed by atoms with van der Waals surface area (Å²) in [6, 6.07) is 4.07. The van der Waals surface area contributed by atoms with Crippen LogP contribution in [0.2, 0.25) is 0 Å². The Bertz CT molecular complexity index is 404. The zero-order valence-electron chi connectivity index (χ0n) is 10.8. The zero-order chi connectivity index (χ0) is 13.5. The van der Waals surface area contributed by atoms with Crippen molar-refractivity contribution in [2.75, 3.05) is 6.61 Å². The fraction of sp³-hybridized carbons (Fsp3) is 0.500. The lowest BCUT2D eigenvalue weighted by atomic mass is 10.1. The van der Waals surface area contributed by atoms with Crippen LogP contribution in [0.3, 0.4) is 0 Å². The largest absolute Gasteiger partial charge is 0.478 e. The molecule has 0 radical (unpaired) electrons. The van der Waals surface area contributed by atoms with Gasteiger partial charge in [0.1, 0.15) is 5.82 Å². The van der Waals surface area contributed by atoms with Crippen LogP contribution in [0.4, 0.5) is 4.39 Å². The van der Waals surface area contributed by atoms with Crippen molar-refractivity contribution in [3.05, 3.63) is 35.1 Å². The van der Waals surface area contributed by atoms with Gasteiger partial charge in [-0.15, -0.1) is 0 Å². The second-order valence-electron chi connectivity index (χ2n) is 4.53. The highest BCUT2D eigenvalue weighted by atomic mass is 19.1. The molecule has 1 rings (SSSR count). The average molecular weight is 254 g/mol. The first-order valence-corrected chi connectivity index (χ1v) is 6.14. The third-order valence-electron chi connectivity index (χ3n) is 2.72. The van der Waals surface area contributed by atoms with Crippen LogP contribution in [0.1, 0.15) is 42.6 Å². The molecule has 0 spiro atoms. The van der Waals surface area contributed by atoms with E-state index in [1.54, 1.807) is 6.07 Å². The van der Waals surface area contributed by atoms with Crippen LogP contribution in [-0.2, 0) is 11.3 Å². The lowest BCUT2D eigenvalue weighted by molar-refractivity contribution is 0.0691. The van der Waals surface area contributed by atoms with Crippen LogP contribution in [0.15, 0.2) is 18.2 Å². The fourth-order valence-corrected chi connectivity index (χ4v) is 1.78. The summed E-state index contributed by atoms with van der Waals surface area (Å²) in [7, 11) is 0. The summed E-state index contributed by atoms with van der Waals surface area (Å²) in [5.41, 5.74) is 0.347. The van der Waals surface area contributed by atoms with E-state index >= 15 is 0 Å². The molecular formula is C14H19FO3. The first kappa shape index (κ1) is 14.6. The van der Waals surface area contributed by atoms with Gasteiger partial charge >= 0.3 is 5.97 Å². The van der Waals surface area contributed by atoms with E-state index < -0.39 is 11.8 Å². The van der Waals surface area contributed by atoms with Gasteiger partial charge in [0.05, 0.1) is 12.2 Å². The summed E-state index contributed by atoms with van der Waals surface area (Å²) >= 11 is 0. The Morgan fingerprint density at radius 2 is 2.22 bits per heavy atom. The van der Waals surface area contributed by atoms with E-state index in [0.29, 0.717) is 24.7 Å². The van der Waals surface area contributed by atoms with Gasteiger partial charge in [0.25, 0.3) is 0 Å². The van der Waals surface area contributed by atoms with Gasteiger partial charge in [-0.1, -0.05) is 26.3 Å². The minimum atomic E-state index is -1.25. The molecule has 1 aromatic carbocycles. The third kappa shape index (κ3) is 4.45. The molecule has 0 bridgehead atoms. The van der Waals surface area contributed by atoms with Gasteiger partial charge in [0.2, 0.25) is 0 Å². The summed E-state index contributed by atoms with van der Waals surface area (Å²) in [6.07, 6.45) is 2.22. The van der Waals surface area contributed by atoms with Gasteiger partial charge < -0.3 is 9.84 Å². The predicted octanol–water partition coefficient (Wildman–Crippen LogP) is 3.48. The summed E-state index contributed by atoms with van der Waals surface area (Å²) in [4.78, 5) is 10.6. The number of halogens is 1. The molecule has 0 fully saturated rings. The number of ether oxygens (including phenoxy) is 1. The molecule has 0 amide bonds. The van der Waals surface area contributed by atoms with Crippen LogP contribution in [0.5, 0.6) is 0 Å². The second-order valence-corrected chi connectivity index (χ2v) is 4.53. The van der Waals surface area contributed by atoms with Gasteiger partial charge in [-0.2, -0.15) is 0 Å². The molecule has 0 aromatic heterocycles. The van der Waals surface area contributed by atoms with E-state index in [-0.39, 0.29) is 5.56 Å². The average Bonchev–Trinajstić information content (AvgIpc) is 2.29. The Morgan fingerprint density at radius 1 is 1.50 bits per heavy atom. The number of hydrogen-bond donors (Lipinski definition) is 1. The molecule has 1 N–H and O–H groups in total. The molecule has 100 valence electrons. The van der Waals surface area contributed by atoms with Gasteiger partial charge in [-0.3, -0.25) is 0 Å². The van der Waals surface area contributed by atoms with Gasteiger partial charge in [-0.05, 0) is 30.0 Å². The quantitative estimate of drug-likeness (QED) is 0.810. The monoisotopic (exact) mass is 254 g/mol. The van der Waals surface area contributed by atoms with E-state index in [1.807, 2.05) is 0 Å². The maximum Gasteiger partial charge on any atom is 0.338 e. The van der Waals surface area contributed by atoms with E-state index in [2.05, 4.69) is 13.8 Å². The topological polar surface area (TPSA) is 46.5 Å². The Hall–Kier alpha value is -1.42. The molecule has 0 saturated carbocycles. The van der Waals surface area contributed by atoms with Crippen LogP contribution >= 0.6 is 0 Å². The minimum Gasteiger partial charge on any atom is -0.478 e. The number of carbonyl (C=O) groups is 1. The first-order valence-electron chi connectivity index (χ1n) is 6.14. The summed E-state index contributed by atoms with van der Waals surface area (Å²) in [5, 5.41) is 8.69. The van der Waals surface area contributed by atoms with Crippen molar-refractivity contribution >= 4 is 5.97 Å². The summed E-state index contributed by atoms with van der Waals surface area (Å²) in [5.74, 6) is -1.49. The molecule has 3 nitrogen and oxygen atoms in total. The third-order valence-corrected chi connectivity index (χ3v) is 2.72. The molecule has 4 heteroatoms. The predicted molar refractivity (Wildman–Crippen MR) is 67.1 cm³/mol. The minimum absolute atomic E-state index is 0.307. The first-order chi connectivity index (χ1) is 8.54. The Balaban J connectivity index is 2.49. The summed E-state index contributed by atoms with van der Waals surface area (Å²) < 4.78 is 18.8. The second kappa shape index (κ2) is 7.11. The van der Waals surface area contributed by atoms with Gasteiger partial charge in [0, 0.05) is 6.61 Å². The highest BCUT2D eigenvalue weighted by Gasteiger charge is 2.10. The molecule has 1 aromatic rings. The van der Waals surface area contributed by atoms with Crippen molar-refractivity contribution in [2.45, 2.75) is 33.3 Å². The molecular weight excluding hydrogens is 235 g/mol. The molecule has 0 saturated heterocycles. The molecule has 0 aliphatic rings. The number of carboxylic acids is 1. The van der Waals surface area contributed by atoms with Crippen molar-refractivity contribution in [1.29, 1.82) is 0 Å². The molecule has 18 heavy (non-hydrogen) atoms. The maximum atomic E-state index is 13.4. The molecule has 0 aliphatic heterocycles. The van der Waals surface area contributed by atoms with Crippen molar-refractivity contribution in [3.63, 3.8) is 0 Å². The van der Waals surface area contributed by atoms with Crippen LogP contribution in [-0.4, -0.2) is 17.7 Å². The maximum absolute atomic E-state index is 13.4. The normalized spacial score (nSPS) is 12.4. The Morgan fingerprint density at radius 3 is 2.78 bits per heavy atom. The van der Waals surface area contributed by atoms with Gasteiger partial charge in [0.15, 0.2) is 0 Å². The highest BCUT2D eigenvalue weighted by Crippen LogP contribution is 2.12. The number of carboxylic acid groups (broad SMARTS) is 1. The number of aromatic carboxylic acids is 1. The van der Waals surface area contributed by atoms with Crippen molar-refractivity contribution in [3.8, 4) is 0 Å². The van der Waals surface area contributed by atoms with Crippen molar-refractivity contribution in [1.82, 2.24) is 0 Å². The van der Waals surface area contributed by atoms with Crippen LogP contribution < -0.4 is 0 Å². The highest BCUT2D eigenvalue weighted by molar-refractivity contribution is 5.87. The molecule has 1 atom stereocenters. The molecule has 0 aliphatic carbocycles. The standard InChI is InChI=1S/C14H19FO3/c1-3-4-10(2)8-18-9-11-5-6-12(14(16)17)13(15)7-11/h5-7,10H,3-4,8-9H2,1-2H3,(H,16,17). The number of rotatable bonds is 7. The van der Waals surface area contributed by atoms with Crippen molar-refractivity contribution < 1.29 is 19.0 Å². The molecule has 1 unspecified atom stereocenters. The fourth-order valence-electron chi connectivity index (χ4n) is 1.78. The van der Waals surface area contributed by atoms with Crippen LogP contribution in [0.25, 0.3) is 0 Å². The number of hydrogen-bond acceptors (Lipinski definition) is 2. The van der Waals surface area contributed by atoms with E-state index in [4.69, 9.17) is 9.84 Å². The lowest BCUT2D eigenvalue weighted by Gasteiger charge is -2.11. The Kier molecular flexibility index (Phi) is 5.78. The van der Waals surface area contributed by atoms with E-state index in [0.717, 1.165) is 12.8 Å². The van der Waals surface area contributed by atoms with E-state index in [9.17, 15) is 9.18 Å². The Labute approximate surface area is 107 Å². The van der Waals surface area contributed by atoms with Crippen molar-refractivity contribution in [2.24, 2.45) is 5.92 Å². The lowest BCUT2D eigenvalue weighted by Crippen LogP contribution is -2.06. The van der Waals surface area contributed by atoms with Gasteiger partial charge in [-0.25, -0.2) is 9.18 Å². The van der Waals surface area contributed by atoms with Crippen LogP contribution in [0, 0.1) is 11.7 Å². The molecule has 0 heterocycles. The smallest absolute Gasteiger partial charge is 0.338 e. The van der Waals surface area contributed by atoms with E-state index in [1.165, 1.54) is 12.1 Å². The zero-order valence-corrected chi connectivity index (χ0v) is 10.8.